The van der Waals surface area contributed by atoms with Gasteiger partial charge < -0.3 is 4.89 Å². The van der Waals surface area contributed by atoms with Crippen LogP contribution in [0.25, 0.3) is 5.31 Å². The number of hydrogen-bond acceptors (Lipinski definition) is 2. The van der Waals surface area contributed by atoms with E-state index in [4.69, 9.17) is 4.52 Å². The van der Waals surface area contributed by atoms with E-state index in [1.165, 1.54) is 6.08 Å². The maximum absolute atomic E-state index is 12.0. The number of hydrogen-bond donors (Lipinski definition) is 1. The zero-order valence-corrected chi connectivity index (χ0v) is 10.8. The van der Waals surface area contributed by atoms with E-state index in [1.54, 1.807) is 24.3 Å². The van der Waals surface area contributed by atoms with E-state index < -0.39 is 13.7 Å². The van der Waals surface area contributed by atoms with Crippen LogP contribution in [-0.2, 0) is 9.09 Å². The van der Waals surface area contributed by atoms with Gasteiger partial charge in [-0.3, -0.25) is 9.09 Å². The summed E-state index contributed by atoms with van der Waals surface area (Å²) < 4.78 is 17.2. The zero-order valence-electron chi connectivity index (χ0n) is 9.87. The molecule has 0 fully saturated rings. The average molecular weight is 252 g/mol. The molecule has 0 amide bonds. The summed E-state index contributed by atoms with van der Waals surface area (Å²) in [6.07, 6.45) is 1.67. The second-order valence-corrected chi connectivity index (χ2v) is 5.41. The van der Waals surface area contributed by atoms with Gasteiger partial charge in [-0.25, -0.2) is 0 Å². The van der Waals surface area contributed by atoms with Crippen LogP contribution < -0.4 is 0 Å². The van der Waals surface area contributed by atoms with Crippen molar-refractivity contribution in [2.45, 2.75) is 19.4 Å². The Morgan fingerprint density at radius 1 is 1.53 bits per heavy atom. The quantitative estimate of drug-likeness (QED) is 0.618. The Kier molecular flexibility index (Phi) is 4.88. The fourth-order valence-corrected chi connectivity index (χ4v) is 2.53. The van der Waals surface area contributed by atoms with Crippen molar-refractivity contribution in [3.8, 4) is 0 Å². The Morgan fingerprint density at radius 3 is 2.59 bits per heavy atom. The van der Waals surface area contributed by atoms with Crippen molar-refractivity contribution < 1.29 is 14.0 Å². The second-order valence-electron chi connectivity index (χ2n) is 3.62. The summed E-state index contributed by atoms with van der Waals surface area (Å²) in [5.74, 6) is 0. The molecule has 2 atom stereocenters. The van der Waals surface area contributed by atoms with Gasteiger partial charge in [0.15, 0.2) is 0 Å². The molecule has 0 aliphatic carbocycles. The lowest BCUT2D eigenvalue weighted by molar-refractivity contribution is 0.216. The summed E-state index contributed by atoms with van der Waals surface area (Å²) in [5, 5.41) is 0.110. The second kappa shape index (κ2) is 5.97. The summed E-state index contributed by atoms with van der Waals surface area (Å²) in [6.45, 7) is 9.07. The Morgan fingerprint density at radius 2 is 2.12 bits per heavy atom. The van der Waals surface area contributed by atoms with Crippen molar-refractivity contribution in [1.82, 2.24) is 0 Å². The molecule has 1 N–H and O–H groups in total. The zero-order chi connectivity index (χ0) is 12.9. The first-order valence-electron chi connectivity index (χ1n) is 5.40. The van der Waals surface area contributed by atoms with Gasteiger partial charge in [0.2, 0.25) is 0 Å². The van der Waals surface area contributed by atoms with Gasteiger partial charge in [0.25, 0.3) is 0 Å². The van der Waals surface area contributed by atoms with Crippen LogP contribution in [0.4, 0.5) is 0 Å². The minimum absolute atomic E-state index is 0.110. The molecule has 0 aliphatic rings. The monoisotopic (exact) mass is 252 g/mol. The molecule has 0 saturated heterocycles. The van der Waals surface area contributed by atoms with Gasteiger partial charge in [0.1, 0.15) is 0 Å². The molecule has 0 bridgehead atoms. The largest absolute Gasteiger partial charge is 0.359 e. The van der Waals surface area contributed by atoms with Crippen molar-refractivity contribution in [3.05, 3.63) is 55.1 Å². The van der Waals surface area contributed by atoms with E-state index in [9.17, 15) is 9.46 Å². The highest BCUT2D eigenvalue weighted by atomic mass is 31.2. The topological polar surface area (TPSA) is 46.5 Å². The number of rotatable bonds is 6. The average Bonchev–Trinajstić information content (AvgIpc) is 2.36. The Labute approximate surface area is 102 Å². The lowest BCUT2D eigenvalue weighted by atomic mass is 10.2. The van der Waals surface area contributed by atoms with Crippen LogP contribution >= 0.6 is 7.60 Å². The van der Waals surface area contributed by atoms with E-state index in [2.05, 4.69) is 13.2 Å². The van der Waals surface area contributed by atoms with Crippen molar-refractivity contribution in [2.24, 2.45) is 0 Å². The van der Waals surface area contributed by atoms with Crippen LogP contribution in [0.2, 0.25) is 0 Å². The minimum Gasteiger partial charge on any atom is -0.321 e. The Bertz CT molecular complexity index is 439. The fraction of sp³-hybridized carbons (Fsp3) is 0.231. The highest BCUT2D eigenvalue weighted by Gasteiger charge is 2.27. The molecule has 0 aliphatic heterocycles. The van der Waals surface area contributed by atoms with Gasteiger partial charge in [-0.05, 0) is 12.0 Å². The molecule has 1 aromatic carbocycles. The molecule has 0 spiro atoms. The third-order valence-corrected chi connectivity index (χ3v) is 3.89. The highest BCUT2D eigenvalue weighted by Crippen LogP contribution is 2.56. The fourth-order valence-electron chi connectivity index (χ4n) is 1.33. The molecule has 3 nitrogen and oxygen atoms in total. The van der Waals surface area contributed by atoms with E-state index in [0.29, 0.717) is 12.0 Å². The van der Waals surface area contributed by atoms with Gasteiger partial charge in [0, 0.05) is 0 Å². The van der Waals surface area contributed by atoms with Gasteiger partial charge >= 0.3 is 7.60 Å². The summed E-state index contributed by atoms with van der Waals surface area (Å²) >= 11 is 0. The van der Waals surface area contributed by atoms with Gasteiger partial charge in [-0.1, -0.05) is 49.9 Å². The molecule has 92 valence electrons. The third kappa shape index (κ3) is 3.67. The standard InChI is InChI=1S/C13H17O3P/c1-4-13(5-2)16-17(14,15)11(3)12-9-7-6-8-10-12/h4,6-10,13H,1,3,5H2,2H3,(H,14,15). The van der Waals surface area contributed by atoms with Gasteiger partial charge in [0.05, 0.1) is 11.4 Å². The number of benzene rings is 1. The molecule has 0 radical (unpaired) electrons. The van der Waals surface area contributed by atoms with E-state index >= 15 is 0 Å². The highest BCUT2D eigenvalue weighted by molar-refractivity contribution is 7.64. The molecule has 17 heavy (non-hydrogen) atoms. The van der Waals surface area contributed by atoms with E-state index in [0.717, 1.165) is 0 Å². The molecular weight excluding hydrogens is 235 g/mol. The lowest BCUT2D eigenvalue weighted by Gasteiger charge is -2.19. The van der Waals surface area contributed by atoms with Crippen LogP contribution in [-0.4, -0.2) is 11.0 Å². The van der Waals surface area contributed by atoms with Crippen molar-refractivity contribution in [1.29, 1.82) is 0 Å². The predicted octanol–water partition coefficient (Wildman–Crippen LogP) is 3.82. The van der Waals surface area contributed by atoms with Crippen molar-refractivity contribution in [2.75, 3.05) is 0 Å². The maximum Gasteiger partial charge on any atom is 0.359 e. The van der Waals surface area contributed by atoms with E-state index in [1.807, 2.05) is 13.0 Å². The molecule has 0 aromatic heterocycles. The molecule has 4 heteroatoms. The van der Waals surface area contributed by atoms with E-state index in [-0.39, 0.29) is 5.31 Å². The Hall–Kier alpha value is -1.15. The predicted molar refractivity (Wildman–Crippen MR) is 70.7 cm³/mol. The molecule has 0 saturated carbocycles. The third-order valence-electron chi connectivity index (χ3n) is 2.39. The molecule has 1 rings (SSSR count). The van der Waals surface area contributed by atoms with Crippen LogP contribution in [0.5, 0.6) is 0 Å². The van der Waals surface area contributed by atoms with Gasteiger partial charge in [-0.15, -0.1) is 6.58 Å². The molecule has 1 aromatic rings. The van der Waals surface area contributed by atoms with Gasteiger partial charge in [-0.2, -0.15) is 0 Å². The van der Waals surface area contributed by atoms with Crippen LogP contribution in [0.1, 0.15) is 18.9 Å². The summed E-state index contributed by atoms with van der Waals surface area (Å²) in [5.41, 5.74) is 0.609. The molecule has 0 heterocycles. The summed E-state index contributed by atoms with van der Waals surface area (Å²) in [7, 11) is -3.86. The van der Waals surface area contributed by atoms with Crippen LogP contribution in [0.15, 0.2) is 49.6 Å². The first-order valence-corrected chi connectivity index (χ1v) is 6.97. The maximum atomic E-state index is 12.0. The molecular formula is C13H17O3P. The first-order chi connectivity index (χ1) is 8.01. The Balaban J connectivity index is 2.88. The smallest absolute Gasteiger partial charge is 0.321 e. The normalized spacial score (nSPS) is 15.9. The van der Waals surface area contributed by atoms with Crippen molar-refractivity contribution >= 4 is 12.9 Å². The van der Waals surface area contributed by atoms with Crippen molar-refractivity contribution in [3.63, 3.8) is 0 Å². The minimum atomic E-state index is -3.86. The van der Waals surface area contributed by atoms with Crippen LogP contribution in [0, 0.1) is 0 Å². The summed E-state index contributed by atoms with van der Waals surface area (Å²) in [4.78, 5) is 9.86. The first kappa shape index (κ1) is 13.9. The lowest BCUT2D eigenvalue weighted by Crippen LogP contribution is -2.06. The summed E-state index contributed by atoms with van der Waals surface area (Å²) in [6, 6.07) is 8.85. The SMILES string of the molecule is C=CC(CC)OP(=O)(O)C(=C)c1ccccc1. The molecule has 2 unspecified atom stereocenters. The van der Waals surface area contributed by atoms with Crippen LogP contribution in [0.3, 0.4) is 0 Å².